The van der Waals surface area contributed by atoms with E-state index in [9.17, 15) is 19.5 Å². The highest BCUT2D eigenvalue weighted by molar-refractivity contribution is 5.70. The van der Waals surface area contributed by atoms with Crippen LogP contribution in [0.3, 0.4) is 0 Å². The first-order valence-corrected chi connectivity index (χ1v) is 21.9. The summed E-state index contributed by atoms with van der Waals surface area (Å²) in [5.41, 5.74) is 0. The smallest absolute Gasteiger partial charge is 0.306 e. The highest BCUT2D eigenvalue weighted by Crippen LogP contribution is 2.14. The van der Waals surface area contributed by atoms with Gasteiger partial charge in [-0.1, -0.05) is 160 Å². The minimum absolute atomic E-state index is 0.0379. The minimum Gasteiger partial charge on any atom is -0.544 e. The van der Waals surface area contributed by atoms with Gasteiger partial charge in [0.15, 0.2) is 6.10 Å². The molecule has 0 N–H and O–H groups in total. The number of esters is 2. The normalized spacial score (nSPS) is 13.2. The second kappa shape index (κ2) is 36.8. The number of carboxylic acids is 1. The number of allylic oxidation sites excluding steroid dienone is 4. The Hall–Kier alpha value is -2.19. The van der Waals surface area contributed by atoms with Crippen molar-refractivity contribution in [1.29, 1.82) is 0 Å². The minimum atomic E-state index is -1.13. The average molecular weight is 750 g/mol. The van der Waals surface area contributed by atoms with Crippen LogP contribution in [0, 0.1) is 0 Å². The zero-order chi connectivity index (χ0) is 39.3. The van der Waals surface area contributed by atoms with Crippen molar-refractivity contribution >= 4 is 17.9 Å². The molecule has 0 bridgehead atoms. The first-order valence-electron chi connectivity index (χ1n) is 21.9. The van der Waals surface area contributed by atoms with Gasteiger partial charge in [-0.3, -0.25) is 9.59 Å². The first kappa shape index (κ1) is 50.8. The standard InChI is InChI=1S/C45H83NO7/c1-6-8-10-12-14-16-18-19-20-21-22-23-24-26-28-30-32-34-36-44(48)53-41(39-51-38-37-42(45(49)50)46(3,4)5)40-52-43(47)35-33-31-29-27-25-17-15-13-11-9-7-2/h20-23,41-42H,6-19,24-40H2,1-5H3/b21-20+,23-22+. The number of hydrogen-bond acceptors (Lipinski definition) is 7. The second-order valence-corrected chi connectivity index (χ2v) is 16.0. The van der Waals surface area contributed by atoms with E-state index in [0.29, 0.717) is 12.8 Å². The number of unbranched alkanes of at least 4 members (excludes halogenated alkanes) is 22. The Labute approximate surface area is 326 Å². The highest BCUT2D eigenvalue weighted by Gasteiger charge is 2.25. The number of aliphatic carboxylic acids is 1. The predicted octanol–water partition coefficient (Wildman–Crippen LogP) is 10.4. The predicted molar refractivity (Wildman–Crippen MR) is 217 cm³/mol. The second-order valence-electron chi connectivity index (χ2n) is 16.0. The fourth-order valence-corrected chi connectivity index (χ4v) is 6.41. The number of carboxylic acid groups (broad SMARTS) is 1. The van der Waals surface area contributed by atoms with Crippen molar-refractivity contribution in [1.82, 2.24) is 0 Å². The number of ether oxygens (including phenoxy) is 3. The Balaban J connectivity index is 4.35. The molecule has 0 heterocycles. The quantitative estimate of drug-likeness (QED) is 0.0267. The molecular formula is C45H83NO7. The van der Waals surface area contributed by atoms with Gasteiger partial charge in [0.05, 0.1) is 40.3 Å². The summed E-state index contributed by atoms with van der Waals surface area (Å²) in [6, 6.07) is -0.725. The van der Waals surface area contributed by atoms with Gasteiger partial charge >= 0.3 is 11.9 Å². The average Bonchev–Trinajstić information content (AvgIpc) is 3.11. The van der Waals surface area contributed by atoms with Crippen molar-refractivity contribution < 1.29 is 38.2 Å². The topological polar surface area (TPSA) is 102 Å². The van der Waals surface area contributed by atoms with E-state index in [1.54, 1.807) is 21.1 Å². The van der Waals surface area contributed by atoms with Gasteiger partial charge in [-0.2, -0.15) is 0 Å². The van der Waals surface area contributed by atoms with Crippen LogP contribution in [0.4, 0.5) is 0 Å². The van der Waals surface area contributed by atoms with E-state index in [4.69, 9.17) is 14.2 Å². The fourth-order valence-electron chi connectivity index (χ4n) is 6.41. The summed E-state index contributed by atoms with van der Waals surface area (Å²) >= 11 is 0. The molecule has 2 unspecified atom stereocenters. The Bertz CT molecular complexity index is 926. The van der Waals surface area contributed by atoms with Crippen LogP contribution in [0.25, 0.3) is 0 Å². The highest BCUT2D eigenvalue weighted by atomic mass is 16.6. The zero-order valence-corrected chi connectivity index (χ0v) is 35.2. The van der Waals surface area contributed by atoms with Crippen molar-refractivity contribution in [2.45, 2.75) is 206 Å². The van der Waals surface area contributed by atoms with Crippen molar-refractivity contribution in [3.8, 4) is 0 Å². The molecule has 0 saturated carbocycles. The SMILES string of the molecule is CCCCCCCCC/C=C/C=C/CCCCCCCC(=O)OC(COCCC(C(=O)[O-])[N+](C)(C)C)COC(=O)CCCCCCCCCCCCC. The van der Waals surface area contributed by atoms with E-state index in [1.807, 2.05) is 0 Å². The van der Waals surface area contributed by atoms with Crippen molar-refractivity contribution in [2.75, 3.05) is 41.0 Å². The molecule has 0 rings (SSSR count). The van der Waals surface area contributed by atoms with E-state index in [-0.39, 0.29) is 42.7 Å². The lowest BCUT2D eigenvalue weighted by Gasteiger charge is -2.34. The van der Waals surface area contributed by atoms with Crippen molar-refractivity contribution in [3.63, 3.8) is 0 Å². The van der Waals surface area contributed by atoms with E-state index in [1.165, 1.54) is 103 Å². The van der Waals surface area contributed by atoms with E-state index in [0.717, 1.165) is 57.8 Å². The van der Waals surface area contributed by atoms with Gasteiger partial charge in [0, 0.05) is 19.3 Å². The maximum atomic E-state index is 12.7. The van der Waals surface area contributed by atoms with Gasteiger partial charge in [0.25, 0.3) is 0 Å². The van der Waals surface area contributed by atoms with Crippen LogP contribution < -0.4 is 5.11 Å². The third kappa shape index (κ3) is 35.3. The number of rotatable bonds is 39. The van der Waals surface area contributed by atoms with Crippen LogP contribution in [-0.2, 0) is 28.6 Å². The third-order valence-corrected chi connectivity index (χ3v) is 9.87. The number of carbonyl (C=O) groups is 3. The molecule has 0 spiro atoms. The van der Waals surface area contributed by atoms with Gasteiger partial charge in [-0.25, -0.2) is 0 Å². The Morgan fingerprint density at radius 1 is 0.566 bits per heavy atom. The summed E-state index contributed by atoms with van der Waals surface area (Å²) in [5.74, 6) is -1.75. The van der Waals surface area contributed by atoms with Gasteiger partial charge in [0.2, 0.25) is 0 Å². The molecule has 8 heteroatoms. The van der Waals surface area contributed by atoms with Crippen LogP contribution in [0.2, 0.25) is 0 Å². The Morgan fingerprint density at radius 3 is 1.42 bits per heavy atom. The lowest BCUT2D eigenvalue weighted by atomic mass is 10.1. The summed E-state index contributed by atoms with van der Waals surface area (Å²) in [4.78, 5) is 36.8. The summed E-state index contributed by atoms with van der Waals surface area (Å²) in [6.45, 7) is 4.64. The molecule has 310 valence electrons. The molecule has 0 amide bonds. The van der Waals surface area contributed by atoms with Crippen LogP contribution in [0.5, 0.6) is 0 Å². The maximum Gasteiger partial charge on any atom is 0.306 e. The van der Waals surface area contributed by atoms with Gasteiger partial charge < -0.3 is 28.6 Å². The maximum absolute atomic E-state index is 12.7. The van der Waals surface area contributed by atoms with Crippen LogP contribution in [-0.4, -0.2) is 75.5 Å². The Morgan fingerprint density at radius 2 is 0.981 bits per heavy atom. The summed E-state index contributed by atoms with van der Waals surface area (Å²) in [6.07, 6.45) is 39.1. The number of likely N-dealkylation sites (N-methyl/N-ethyl adjacent to an activating group) is 1. The fraction of sp³-hybridized carbons (Fsp3) is 0.844. The van der Waals surface area contributed by atoms with E-state index < -0.39 is 18.1 Å². The van der Waals surface area contributed by atoms with E-state index in [2.05, 4.69) is 38.2 Å². The number of quaternary nitrogens is 1. The van der Waals surface area contributed by atoms with Gasteiger partial charge in [-0.05, 0) is 38.5 Å². The number of hydrogen-bond donors (Lipinski definition) is 0. The number of nitrogens with zero attached hydrogens (tertiary/aromatic N) is 1. The molecule has 0 aliphatic carbocycles. The molecule has 53 heavy (non-hydrogen) atoms. The lowest BCUT2D eigenvalue weighted by Crippen LogP contribution is -2.55. The summed E-state index contributed by atoms with van der Waals surface area (Å²) < 4.78 is 17.1. The van der Waals surface area contributed by atoms with Gasteiger partial charge in [-0.15, -0.1) is 0 Å². The molecule has 0 radical (unpaired) electrons. The molecule has 0 aromatic rings. The Kier molecular flexibility index (Phi) is 35.2. The lowest BCUT2D eigenvalue weighted by molar-refractivity contribution is -0.889. The zero-order valence-electron chi connectivity index (χ0n) is 35.2. The molecular weight excluding hydrogens is 666 g/mol. The molecule has 0 aromatic carbocycles. The number of carbonyl (C=O) groups excluding carboxylic acids is 3. The molecule has 8 nitrogen and oxygen atoms in total. The van der Waals surface area contributed by atoms with Crippen LogP contribution >= 0.6 is 0 Å². The van der Waals surface area contributed by atoms with Crippen molar-refractivity contribution in [2.24, 2.45) is 0 Å². The molecule has 2 atom stereocenters. The van der Waals surface area contributed by atoms with Crippen LogP contribution in [0.1, 0.15) is 194 Å². The molecule has 0 fully saturated rings. The molecule has 0 aromatic heterocycles. The monoisotopic (exact) mass is 750 g/mol. The largest absolute Gasteiger partial charge is 0.544 e. The van der Waals surface area contributed by atoms with Crippen LogP contribution in [0.15, 0.2) is 24.3 Å². The van der Waals surface area contributed by atoms with Gasteiger partial charge in [0.1, 0.15) is 12.6 Å². The summed E-state index contributed by atoms with van der Waals surface area (Å²) in [5, 5.41) is 11.6. The molecule has 0 aliphatic rings. The summed E-state index contributed by atoms with van der Waals surface area (Å²) in [7, 11) is 5.40. The van der Waals surface area contributed by atoms with E-state index >= 15 is 0 Å². The first-order chi connectivity index (χ1) is 25.6. The third-order valence-electron chi connectivity index (χ3n) is 9.87. The van der Waals surface area contributed by atoms with Crippen molar-refractivity contribution in [3.05, 3.63) is 24.3 Å². The molecule has 0 saturated heterocycles. The molecule has 0 aliphatic heterocycles.